The summed E-state index contributed by atoms with van der Waals surface area (Å²) in [5.41, 5.74) is 0. The summed E-state index contributed by atoms with van der Waals surface area (Å²) in [4.78, 5) is 0. The molecule has 0 aliphatic rings. The Morgan fingerprint density at radius 3 is 1.09 bits per heavy atom. The van der Waals surface area contributed by atoms with E-state index < -0.39 is 10.6 Å². The summed E-state index contributed by atoms with van der Waals surface area (Å²) in [6.07, 6.45) is 0. The first-order valence-corrected chi connectivity index (χ1v) is 16.1. The van der Waals surface area contributed by atoms with Gasteiger partial charge in [0.25, 0.3) is 0 Å². The fraction of sp³-hybridized carbons (Fsp3) is 0.100. The van der Waals surface area contributed by atoms with Gasteiger partial charge in [-0.05, 0) is 0 Å². The molecule has 0 heterocycles. The molecule has 3 aromatic rings. The van der Waals surface area contributed by atoms with Gasteiger partial charge < -0.3 is 0 Å². The van der Waals surface area contributed by atoms with Crippen molar-refractivity contribution in [3.8, 4) is 0 Å². The van der Waals surface area contributed by atoms with Crippen LogP contribution in [0, 0.1) is 0 Å². The molecule has 0 nitrogen and oxygen atoms in total. The van der Waals surface area contributed by atoms with Crippen LogP contribution in [-0.4, -0.2) is 10.6 Å². The van der Waals surface area contributed by atoms with Gasteiger partial charge in [0.2, 0.25) is 0 Å². The van der Waals surface area contributed by atoms with E-state index in [0.717, 1.165) is 5.21 Å². The molecule has 0 fully saturated rings. The Balaban J connectivity index is 2.41. The fourth-order valence-electron chi connectivity index (χ4n) is 3.21. The topological polar surface area (TPSA) is 0 Å². The van der Waals surface area contributed by atoms with Crippen LogP contribution < -0.4 is 13.1 Å². The molecule has 0 bridgehead atoms. The van der Waals surface area contributed by atoms with Crippen LogP contribution >= 0.6 is 13.9 Å². The van der Waals surface area contributed by atoms with Crippen LogP contribution in [0.3, 0.4) is 0 Å². The van der Waals surface area contributed by atoms with Crippen LogP contribution in [0.4, 0.5) is 0 Å². The molecule has 3 rings (SSSR count). The second-order valence-corrected chi connectivity index (χ2v) is 23.2. The van der Waals surface area contributed by atoms with Crippen molar-refractivity contribution in [2.24, 2.45) is 0 Å². The van der Waals surface area contributed by atoms with E-state index in [0.29, 0.717) is 0 Å². The van der Waals surface area contributed by atoms with Crippen molar-refractivity contribution >= 4 is 37.6 Å². The van der Waals surface area contributed by atoms with Gasteiger partial charge >= 0.3 is 141 Å². The fourth-order valence-corrected chi connectivity index (χ4v) is 16.1. The zero-order valence-electron chi connectivity index (χ0n) is 12.7. The third kappa shape index (κ3) is 2.28. The van der Waals surface area contributed by atoms with Crippen molar-refractivity contribution in [1.82, 2.24) is 0 Å². The number of halogens is 1. The Kier molecular flexibility index (Phi) is 4.30. The minimum absolute atomic E-state index is 1.09. The summed E-state index contributed by atoms with van der Waals surface area (Å²) in [5.74, 6) is 0. The summed E-state index contributed by atoms with van der Waals surface area (Å²) >= 11 is 4.40. The quantitative estimate of drug-likeness (QED) is 0.565. The number of benzene rings is 3. The minimum atomic E-state index is -3.27. The Bertz CT molecular complexity index is 639. The van der Waals surface area contributed by atoms with Gasteiger partial charge in [-0.1, -0.05) is 0 Å². The maximum absolute atomic E-state index is 4.40. The SMILES string of the molecule is CC[As](Br)(c1ccccc1)(c1ccccc1)c1ccccc1. The summed E-state index contributed by atoms with van der Waals surface area (Å²) in [5, 5.41) is 1.09. The molecule has 0 amide bonds. The van der Waals surface area contributed by atoms with Crippen molar-refractivity contribution < 1.29 is 0 Å². The van der Waals surface area contributed by atoms with Gasteiger partial charge in [0.1, 0.15) is 0 Å². The maximum atomic E-state index is 4.40. The Morgan fingerprint density at radius 1 is 0.591 bits per heavy atom. The molecule has 112 valence electrons. The predicted molar refractivity (Wildman–Crippen MR) is 103 cm³/mol. The molecule has 22 heavy (non-hydrogen) atoms. The first-order chi connectivity index (χ1) is 10.7. The van der Waals surface area contributed by atoms with E-state index in [9.17, 15) is 0 Å². The molecule has 0 saturated heterocycles. The average molecular weight is 415 g/mol. The van der Waals surface area contributed by atoms with Crippen LogP contribution in [0.25, 0.3) is 0 Å². The van der Waals surface area contributed by atoms with Crippen molar-refractivity contribution in [3.05, 3.63) is 91.0 Å². The molecule has 0 radical (unpaired) electrons. The Labute approximate surface area is 140 Å². The van der Waals surface area contributed by atoms with Crippen LogP contribution in [0.15, 0.2) is 91.0 Å². The summed E-state index contributed by atoms with van der Waals surface area (Å²) in [6.45, 7) is 2.31. The molecule has 0 aliphatic heterocycles. The van der Waals surface area contributed by atoms with Gasteiger partial charge in [0.05, 0.1) is 0 Å². The number of hydrogen-bond donors (Lipinski definition) is 0. The standard InChI is InChI=1S/C20H20AsBr/c1-2-21(22,18-12-6-3-7-13-18,19-14-8-4-9-15-19)20-16-10-5-11-17-20/h3-17H,2H2,1H3. The van der Waals surface area contributed by atoms with E-state index in [1.165, 1.54) is 13.1 Å². The number of rotatable bonds is 4. The van der Waals surface area contributed by atoms with E-state index in [1.54, 1.807) is 0 Å². The summed E-state index contributed by atoms with van der Waals surface area (Å²) in [7, 11) is -3.27. The van der Waals surface area contributed by atoms with Gasteiger partial charge in [-0.15, -0.1) is 0 Å². The molecule has 0 atom stereocenters. The monoisotopic (exact) mass is 414 g/mol. The number of hydrogen-bond acceptors (Lipinski definition) is 0. The van der Waals surface area contributed by atoms with Crippen molar-refractivity contribution in [1.29, 1.82) is 0 Å². The van der Waals surface area contributed by atoms with Crippen molar-refractivity contribution in [2.45, 2.75) is 12.1 Å². The summed E-state index contributed by atoms with van der Waals surface area (Å²) in [6, 6.07) is 32.9. The second kappa shape index (κ2) is 6.06. The van der Waals surface area contributed by atoms with Gasteiger partial charge in [-0.2, -0.15) is 0 Å². The first-order valence-electron chi connectivity index (χ1n) is 7.60. The van der Waals surface area contributed by atoms with Crippen molar-refractivity contribution in [3.63, 3.8) is 0 Å². The Hall–Kier alpha value is -1.30. The van der Waals surface area contributed by atoms with E-state index in [1.807, 2.05) is 0 Å². The predicted octanol–water partition coefficient (Wildman–Crippen LogP) is 4.02. The molecule has 2 heteroatoms. The normalized spacial score (nSPS) is 13.3. The first kappa shape index (κ1) is 15.6. The third-order valence-corrected chi connectivity index (χ3v) is 24.6. The zero-order valence-corrected chi connectivity index (χ0v) is 16.2. The van der Waals surface area contributed by atoms with E-state index in [-0.39, 0.29) is 0 Å². The molecule has 0 saturated carbocycles. The second-order valence-electron chi connectivity index (χ2n) is 5.51. The average Bonchev–Trinajstić information content (AvgIpc) is 2.63. The molecule has 0 unspecified atom stereocenters. The third-order valence-electron chi connectivity index (χ3n) is 4.48. The van der Waals surface area contributed by atoms with Crippen LogP contribution in [0.5, 0.6) is 0 Å². The Morgan fingerprint density at radius 2 is 0.864 bits per heavy atom. The van der Waals surface area contributed by atoms with E-state index >= 15 is 0 Å². The van der Waals surface area contributed by atoms with Crippen molar-refractivity contribution in [2.75, 3.05) is 0 Å². The molecular formula is C20H20AsBr. The molecule has 0 aromatic heterocycles. The van der Waals surface area contributed by atoms with E-state index in [4.69, 9.17) is 0 Å². The molecule has 0 spiro atoms. The van der Waals surface area contributed by atoms with Gasteiger partial charge in [0, 0.05) is 0 Å². The van der Waals surface area contributed by atoms with Crippen LogP contribution in [0.1, 0.15) is 6.92 Å². The molecule has 3 aromatic carbocycles. The molecule has 0 aliphatic carbocycles. The zero-order chi connectivity index (χ0) is 15.5. The molecular weight excluding hydrogens is 395 g/mol. The summed E-state index contributed by atoms with van der Waals surface area (Å²) < 4.78 is 4.29. The van der Waals surface area contributed by atoms with Gasteiger partial charge in [0.15, 0.2) is 0 Å². The van der Waals surface area contributed by atoms with Crippen LogP contribution in [-0.2, 0) is 0 Å². The molecule has 0 N–H and O–H groups in total. The van der Waals surface area contributed by atoms with Gasteiger partial charge in [-0.25, -0.2) is 0 Å². The van der Waals surface area contributed by atoms with Crippen LogP contribution in [0.2, 0.25) is 5.21 Å². The van der Waals surface area contributed by atoms with Gasteiger partial charge in [-0.3, -0.25) is 0 Å². The van der Waals surface area contributed by atoms with E-state index in [2.05, 4.69) is 112 Å².